The maximum absolute atomic E-state index is 12.0. The number of aliphatic imine (C=N–C) groups is 1. The molecule has 6 nitrogen and oxygen atoms in total. The van der Waals surface area contributed by atoms with Crippen LogP contribution in [0, 0.1) is 0 Å². The number of carbonyl (C=O) groups excluding carboxylic acids is 1. The highest BCUT2D eigenvalue weighted by atomic mass is 127. The van der Waals surface area contributed by atoms with Crippen molar-refractivity contribution in [2.45, 2.75) is 83.8 Å². The molecule has 2 N–H and O–H groups in total. The largest absolute Gasteiger partial charge is 0.378 e. The normalized spacial score (nSPS) is 16.3. The summed E-state index contributed by atoms with van der Waals surface area (Å²) >= 11 is 0. The minimum Gasteiger partial charge on any atom is -0.378 e. The molecule has 0 unspecified atom stereocenters. The number of likely N-dealkylation sites (N-methyl/N-ethyl adjacent to an activating group) is 1. The Balaban J connectivity index is 0.00000676. The number of ether oxygens (including phenoxy) is 1. The van der Waals surface area contributed by atoms with Gasteiger partial charge >= 0.3 is 0 Å². The molecule has 1 amide bonds. The Kier molecular flexibility index (Phi) is 14.1. The van der Waals surface area contributed by atoms with Crippen molar-refractivity contribution in [1.82, 2.24) is 15.5 Å². The Hall–Kier alpha value is -0.570. The molecule has 1 fully saturated rings. The van der Waals surface area contributed by atoms with Gasteiger partial charge in [0.05, 0.1) is 12.6 Å². The summed E-state index contributed by atoms with van der Waals surface area (Å²) in [5, 5.41) is 6.29. The molecular formula is C20H41IN4O2. The molecule has 0 aromatic heterocycles. The van der Waals surface area contributed by atoms with Gasteiger partial charge in [-0.15, -0.1) is 24.0 Å². The van der Waals surface area contributed by atoms with Crippen LogP contribution in [0.4, 0.5) is 0 Å². The lowest BCUT2D eigenvalue weighted by molar-refractivity contribution is -0.122. The number of nitrogens with one attached hydrogen (secondary N) is 2. The topological polar surface area (TPSA) is 66.0 Å². The fraction of sp³-hybridized carbons (Fsp3) is 0.900. The lowest BCUT2D eigenvalue weighted by Crippen LogP contribution is -2.48. The van der Waals surface area contributed by atoms with Crippen LogP contribution in [0.3, 0.4) is 0 Å². The highest BCUT2D eigenvalue weighted by molar-refractivity contribution is 14.0. The van der Waals surface area contributed by atoms with Crippen LogP contribution < -0.4 is 10.6 Å². The van der Waals surface area contributed by atoms with Gasteiger partial charge in [-0.3, -0.25) is 9.79 Å². The molecule has 160 valence electrons. The lowest BCUT2D eigenvalue weighted by Gasteiger charge is -2.25. The number of halogens is 1. The SMILES string of the molecule is CN=C(NCCCCOC1CCCCCC1)N(C)CC(=O)NC(C)(C)C.I. The Morgan fingerprint density at radius 1 is 1.15 bits per heavy atom. The van der Waals surface area contributed by atoms with Crippen LogP contribution in [0.2, 0.25) is 0 Å². The second-order valence-corrected chi connectivity index (χ2v) is 8.32. The molecular weight excluding hydrogens is 455 g/mol. The smallest absolute Gasteiger partial charge is 0.240 e. The van der Waals surface area contributed by atoms with E-state index >= 15 is 0 Å². The first-order valence-electron chi connectivity index (χ1n) is 10.2. The molecule has 0 saturated heterocycles. The van der Waals surface area contributed by atoms with Crippen molar-refractivity contribution < 1.29 is 9.53 Å². The van der Waals surface area contributed by atoms with Crippen LogP contribution in [0.25, 0.3) is 0 Å². The molecule has 0 aromatic carbocycles. The zero-order valence-corrected chi connectivity index (χ0v) is 20.3. The molecule has 0 heterocycles. The van der Waals surface area contributed by atoms with E-state index in [2.05, 4.69) is 15.6 Å². The lowest BCUT2D eigenvalue weighted by atomic mass is 10.1. The van der Waals surface area contributed by atoms with Gasteiger partial charge in [-0.2, -0.15) is 0 Å². The molecule has 0 aromatic rings. The average Bonchev–Trinajstić information content (AvgIpc) is 2.81. The van der Waals surface area contributed by atoms with Gasteiger partial charge in [0.2, 0.25) is 5.91 Å². The summed E-state index contributed by atoms with van der Waals surface area (Å²) < 4.78 is 6.02. The number of unbranched alkanes of at least 4 members (excludes halogenated alkanes) is 1. The number of rotatable bonds is 8. The van der Waals surface area contributed by atoms with E-state index in [1.165, 1.54) is 38.5 Å². The molecule has 7 heteroatoms. The van der Waals surface area contributed by atoms with E-state index < -0.39 is 0 Å². The van der Waals surface area contributed by atoms with Crippen LogP contribution in [0.5, 0.6) is 0 Å². The highest BCUT2D eigenvalue weighted by Gasteiger charge is 2.16. The van der Waals surface area contributed by atoms with Gasteiger partial charge in [0.1, 0.15) is 0 Å². The van der Waals surface area contributed by atoms with Crippen molar-refractivity contribution in [3.8, 4) is 0 Å². The number of nitrogens with zero attached hydrogens (tertiary/aromatic N) is 2. The molecule has 27 heavy (non-hydrogen) atoms. The quantitative estimate of drug-likeness (QED) is 0.177. The Morgan fingerprint density at radius 3 is 2.33 bits per heavy atom. The van der Waals surface area contributed by atoms with E-state index in [0.717, 1.165) is 32.0 Å². The van der Waals surface area contributed by atoms with Crippen LogP contribution in [0.15, 0.2) is 4.99 Å². The first kappa shape index (κ1) is 26.4. The van der Waals surface area contributed by atoms with Gasteiger partial charge < -0.3 is 20.3 Å². The van der Waals surface area contributed by atoms with Crippen molar-refractivity contribution in [2.24, 2.45) is 4.99 Å². The Labute approximate surface area is 183 Å². The standard InChI is InChI=1S/C20H40N4O2.HI/c1-20(2,3)23-18(25)16-24(5)19(21-4)22-14-10-11-15-26-17-12-8-6-7-9-13-17;/h17H,6-16H2,1-5H3,(H,21,22)(H,23,25);1H. The second kappa shape index (κ2) is 14.4. The summed E-state index contributed by atoms with van der Waals surface area (Å²) in [5.74, 6) is 0.749. The molecule has 1 rings (SSSR count). The maximum Gasteiger partial charge on any atom is 0.240 e. The summed E-state index contributed by atoms with van der Waals surface area (Å²) in [6, 6.07) is 0. The predicted octanol–water partition coefficient (Wildman–Crippen LogP) is 3.55. The summed E-state index contributed by atoms with van der Waals surface area (Å²) in [4.78, 5) is 18.1. The maximum atomic E-state index is 12.0. The van der Waals surface area contributed by atoms with E-state index in [0.29, 0.717) is 12.6 Å². The van der Waals surface area contributed by atoms with E-state index in [-0.39, 0.29) is 35.4 Å². The number of hydrogen-bond acceptors (Lipinski definition) is 3. The van der Waals surface area contributed by atoms with E-state index in [4.69, 9.17) is 4.74 Å². The third-order valence-corrected chi connectivity index (χ3v) is 4.48. The first-order valence-corrected chi connectivity index (χ1v) is 10.2. The van der Waals surface area contributed by atoms with E-state index in [9.17, 15) is 4.79 Å². The zero-order valence-electron chi connectivity index (χ0n) is 18.0. The zero-order chi connectivity index (χ0) is 19.4. The van der Waals surface area contributed by atoms with Crippen molar-refractivity contribution in [3.63, 3.8) is 0 Å². The molecule has 0 aliphatic heterocycles. The van der Waals surface area contributed by atoms with Gasteiger partial charge in [-0.25, -0.2) is 0 Å². The van der Waals surface area contributed by atoms with Crippen LogP contribution in [-0.2, 0) is 9.53 Å². The van der Waals surface area contributed by atoms with Crippen LogP contribution >= 0.6 is 24.0 Å². The molecule has 1 saturated carbocycles. The van der Waals surface area contributed by atoms with Gasteiger partial charge in [0, 0.05) is 32.8 Å². The van der Waals surface area contributed by atoms with Gasteiger partial charge in [-0.05, 0) is 46.5 Å². The van der Waals surface area contributed by atoms with Crippen LogP contribution in [-0.4, -0.2) is 62.2 Å². The van der Waals surface area contributed by atoms with Crippen molar-refractivity contribution >= 4 is 35.8 Å². The van der Waals surface area contributed by atoms with Crippen molar-refractivity contribution in [2.75, 3.05) is 33.8 Å². The summed E-state index contributed by atoms with van der Waals surface area (Å²) in [6.45, 7) is 7.92. The molecule has 0 radical (unpaired) electrons. The second-order valence-electron chi connectivity index (χ2n) is 8.32. The first-order chi connectivity index (χ1) is 12.3. The summed E-state index contributed by atoms with van der Waals surface area (Å²) in [5.41, 5.74) is -0.216. The number of carbonyl (C=O) groups is 1. The minimum absolute atomic E-state index is 0. The fourth-order valence-corrected chi connectivity index (χ4v) is 3.22. The predicted molar refractivity (Wildman–Crippen MR) is 124 cm³/mol. The van der Waals surface area contributed by atoms with Crippen molar-refractivity contribution in [1.29, 1.82) is 0 Å². The van der Waals surface area contributed by atoms with Crippen LogP contribution in [0.1, 0.15) is 72.1 Å². The summed E-state index contributed by atoms with van der Waals surface area (Å²) in [6.07, 6.45) is 10.4. The van der Waals surface area contributed by atoms with E-state index in [1.54, 1.807) is 7.05 Å². The van der Waals surface area contributed by atoms with E-state index in [1.807, 2.05) is 32.7 Å². The number of hydrogen-bond donors (Lipinski definition) is 2. The minimum atomic E-state index is -0.216. The monoisotopic (exact) mass is 496 g/mol. The van der Waals surface area contributed by atoms with Gasteiger partial charge in [0.15, 0.2) is 5.96 Å². The third kappa shape index (κ3) is 13.3. The molecule has 0 bridgehead atoms. The number of amides is 1. The molecule has 1 aliphatic rings. The van der Waals surface area contributed by atoms with Gasteiger partial charge in [0.25, 0.3) is 0 Å². The highest BCUT2D eigenvalue weighted by Crippen LogP contribution is 2.19. The van der Waals surface area contributed by atoms with Gasteiger partial charge in [-0.1, -0.05) is 25.7 Å². The summed E-state index contributed by atoms with van der Waals surface area (Å²) in [7, 11) is 3.63. The molecule has 0 atom stereocenters. The number of guanidine groups is 1. The Bertz CT molecular complexity index is 430. The fourth-order valence-electron chi connectivity index (χ4n) is 3.22. The Morgan fingerprint density at radius 2 is 1.78 bits per heavy atom. The average molecular weight is 496 g/mol. The van der Waals surface area contributed by atoms with Crippen molar-refractivity contribution in [3.05, 3.63) is 0 Å². The molecule has 1 aliphatic carbocycles. The third-order valence-electron chi connectivity index (χ3n) is 4.48. The molecule has 0 spiro atoms.